The number of amides is 1. The van der Waals surface area contributed by atoms with E-state index < -0.39 is 0 Å². The van der Waals surface area contributed by atoms with E-state index in [-0.39, 0.29) is 5.91 Å². The van der Waals surface area contributed by atoms with E-state index in [0.717, 1.165) is 43.7 Å². The zero-order valence-electron chi connectivity index (χ0n) is 11.4. The maximum Gasteiger partial charge on any atom is 0.254 e. The van der Waals surface area contributed by atoms with Gasteiger partial charge in [0, 0.05) is 31.8 Å². The molecule has 0 N–H and O–H groups in total. The highest BCUT2D eigenvalue weighted by atomic mass is 32.1. The lowest BCUT2D eigenvalue weighted by molar-refractivity contribution is 0.0787. The third-order valence-corrected chi connectivity index (χ3v) is 4.37. The second-order valence-corrected chi connectivity index (χ2v) is 5.97. The number of thiophene rings is 1. The number of carbonyl (C=O) groups excluding carboxylic acids is 1. The number of rotatable bonds is 4. The van der Waals surface area contributed by atoms with Gasteiger partial charge < -0.3 is 9.42 Å². The highest BCUT2D eigenvalue weighted by Gasteiger charge is 2.27. The number of carbonyl (C=O) groups is 1. The molecule has 0 aliphatic carbocycles. The first-order chi connectivity index (χ1) is 9.72. The second kappa shape index (κ2) is 5.75. The van der Waals surface area contributed by atoms with Gasteiger partial charge in [0.15, 0.2) is 5.82 Å². The molecule has 2 aromatic rings. The number of nitrogens with zero attached hydrogens (tertiary/aromatic N) is 3. The topological polar surface area (TPSA) is 59.2 Å². The first kappa shape index (κ1) is 13.3. The van der Waals surface area contributed by atoms with Crippen molar-refractivity contribution in [1.29, 1.82) is 0 Å². The van der Waals surface area contributed by atoms with Crippen molar-refractivity contribution in [2.24, 2.45) is 5.92 Å². The molecule has 3 rings (SSSR count). The van der Waals surface area contributed by atoms with E-state index >= 15 is 0 Å². The lowest BCUT2D eigenvalue weighted by Crippen LogP contribution is -2.28. The highest BCUT2D eigenvalue weighted by Crippen LogP contribution is 2.23. The Labute approximate surface area is 121 Å². The van der Waals surface area contributed by atoms with Crippen molar-refractivity contribution in [1.82, 2.24) is 15.0 Å². The quantitative estimate of drug-likeness (QED) is 0.868. The van der Waals surface area contributed by atoms with E-state index in [4.69, 9.17) is 4.52 Å². The molecule has 1 fully saturated rings. The van der Waals surface area contributed by atoms with Crippen molar-refractivity contribution < 1.29 is 9.32 Å². The summed E-state index contributed by atoms with van der Waals surface area (Å²) >= 11 is 1.56. The Morgan fingerprint density at radius 3 is 3.20 bits per heavy atom. The Kier molecular flexibility index (Phi) is 3.82. The molecule has 20 heavy (non-hydrogen) atoms. The molecule has 6 heteroatoms. The molecule has 0 aromatic carbocycles. The Bertz CT molecular complexity index is 579. The standard InChI is InChI=1S/C14H17N3O2S/c1-10-15-13(16-19-10)3-2-11-4-6-17(8-11)14(18)12-5-7-20-9-12/h5,7,9,11H,2-4,6,8H2,1H3. The Balaban J connectivity index is 1.51. The summed E-state index contributed by atoms with van der Waals surface area (Å²) < 4.78 is 4.96. The van der Waals surface area contributed by atoms with Crippen molar-refractivity contribution in [3.63, 3.8) is 0 Å². The van der Waals surface area contributed by atoms with Crippen LogP contribution in [-0.2, 0) is 6.42 Å². The smallest absolute Gasteiger partial charge is 0.254 e. The molecule has 1 unspecified atom stereocenters. The van der Waals surface area contributed by atoms with Crippen LogP contribution in [0.3, 0.4) is 0 Å². The summed E-state index contributed by atoms with van der Waals surface area (Å²) in [5, 5.41) is 7.76. The van der Waals surface area contributed by atoms with Gasteiger partial charge in [-0.1, -0.05) is 5.16 Å². The monoisotopic (exact) mass is 291 g/mol. The van der Waals surface area contributed by atoms with Gasteiger partial charge in [0.2, 0.25) is 5.89 Å². The number of aromatic nitrogens is 2. The zero-order valence-corrected chi connectivity index (χ0v) is 12.2. The number of likely N-dealkylation sites (tertiary alicyclic amines) is 1. The molecular formula is C14H17N3O2S. The summed E-state index contributed by atoms with van der Waals surface area (Å²) in [6.45, 7) is 3.49. The van der Waals surface area contributed by atoms with Crippen LogP contribution in [0, 0.1) is 12.8 Å². The molecule has 0 bridgehead atoms. The van der Waals surface area contributed by atoms with Gasteiger partial charge in [-0.25, -0.2) is 0 Å². The highest BCUT2D eigenvalue weighted by molar-refractivity contribution is 7.08. The van der Waals surface area contributed by atoms with Crippen LogP contribution in [0.5, 0.6) is 0 Å². The molecule has 1 atom stereocenters. The van der Waals surface area contributed by atoms with Crippen LogP contribution in [0.15, 0.2) is 21.3 Å². The van der Waals surface area contributed by atoms with Crippen molar-refractivity contribution in [3.05, 3.63) is 34.1 Å². The third kappa shape index (κ3) is 2.90. The van der Waals surface area contributed by atoms with Crippen molar-refractivity contribution in [3.8, 4) is 0 Å². The van der Waals surface area contributed by atoms with Crippen molar-refractivity contribution in [2.45, 2.75) is 26.2 Å². The summed E-state index contributed by atoms with van der Waals surface area (Å²) in [5.41, 5.74) is 0.810. The van der Waals surface area contributed by atoms with Crippen LogP contribution in [-0.4, -0.2) is 34.0 Å². The molecular weight excluding hydrogens is 274 g/mol. The minimum Gasteiger partial charge on any atom is -0.340 e. The van der Waals surface area contributed by atoms with Crippen LogP contribution in [0.4, 0.5) is 0 Å². The summed E-state index contributed by atoms with van der Waals surface area (Å²) in [6, 6.07) is 1.89. The second-order valence-electron chi connectivity index (χ2n) is 5.19. The molecule has 106 valence electrons. The lowest BCUT2D eigenvalue weighted by atomic mass is 10.0. The Hall–Kier alpha value is -1.69. The van der Waals surface area contributed by atoms with E-state index in [0.29, 0.717) is 11.8 Å². The average Bonchev–Trinajstić information content (AvgIpc) is 3.17. The van der Waals surface area contributed by atoms with Crippen LogP contribution in [0.25, 0.3) is 0 Å². The molecule has 2 aromatic heterocycles. The fourth-order valence-electron chi connectivity index (χ4n) is 2.60. The summed E-state index contributed by atoms with van der Waals surface area (Å²) in [7, 11) is 0. The Morgan fingerprint density at radius 1 is 1.60 bits per heavy atom. The molecule has 0 radical (unpaired) electrons. The van der Waals surface area contributed by atoms with Crippen LogP contribution in [0.1, 0.15) is 34.9 Å². The zero-order chi connectivity index (χ0) is 13.9. The molecule has 3 heterocycles. The van der Waals surface area contributed by atoms with E-state index in [9.17, 15) is 4.79 Å². The van der Waals surface area contributed by atoms with Crippen LogP contribution >= 0.6 is 11.3 Å². The minimum absolute atomic E-state index is 0.157. The maximum atomic E-state index is 12.2. The van der Waals surface area contributed by atoms with Gasteiger partial charge in [-0.15, -0.1) is 0 Å². The summed E-state index contributed by atoms with van der Waals surface area (Å²) in [4.78, 5) is 18.4. The average molecular weight is 291 g/mol. The van der Waals surface area contributed by atoms with Gasteiger partial charge in [0.1, 0.15) is 0 Å². The van der Waals surface area contributed by atoms with E-state index in [1.165, 1.54) is 0 Å². The van der Waals surface area contributed by atoms with E-state index in [2.05, 4.69) is 10.1 Å². The Morgan fingerprint density at radius 2 is 2.50 bits per heavy atom. The van der Waals surface area contributed by atoms with Gasteiger partial charge in [0.25, 0.3) is 5.91 Å². The molecule has 1 amide bonds. The minimum atomic E-state index is 0.157. The van der Waals surface area contributed by atoms with Gasteiger partial charge in [-0.05, 0) is 30.2 Å². The molecule has 0 spiro atoms. The van der Waals surface area contributed by atoms with Crippen molar-refractivity contribution in [2.75, 3.05) is 13.1 Å². The molecule has 0 saturated carbocycles. The van der Waals surface area contributed by atoms with Gasteiger partial charge in [0.05, 0.1) is 5.56 Å². The SMILES string of the molecule is Cc1nc(CCC2CCN(C(=O)c3ccsc3)C2)no1. The fraction of sp³-hybridized carbons (Fsp3) is 0.500. The normalized spacial score (nSPS) is 18.6. The largest absolute Gasteiger partial charge is 0.340 e. The number of aryl methyl sites for hydroxylation is 2. The first-order valence-corrected chi connectivity index (χ1v) is 7.77. The fourth-order valence-corrected chi connectivity index (χ4v) is 3.23. The van der Waals surface area contributed by atoms with E-state index in [1.807, 2.05) is 21.7 Å². The molecule has 5 nitrogen and oxygen atoms in total. The lowest BCUT2D eigenvalue weighted by Gasteiger charge is -2.15. The predicted octanol–water partition coefficient (Wildman–Crippen LogP) is 2.53. The van der Waals surface area contributed by atoms with Gasteiger partial charge >= 0.3 is 0 Å². The van der Waals surface area contributed by atoms with Crippen molar-refractivity contribution >= 4 is 17.2 Å². The van der Waals surface area contributed by atoms with Crippen LogP contribution < -0.4 is 0 Å². The summed E-state index contributed by atoms with van der Waals surface area (Å²) in [5.74, 6) is 2.08. The van der Waals surface area contributed by atoms with Gasteiger partial charge in [-0.2, -0.15) is 16.3 Å². The third-order valence-electron chi connectivity index (χ3n) is 3.69. The molecule has 1 aliphatic rings. The maximum absolute atomic E-state index is 12.2. The predicted molar refractivity (Wildman–Crippen MR) is 75.7 cm³/mol. The number of hydrogen-bond donors (Lipinski definition) is 0. The first-order valence-electron chi connectivity index (χ1n) is 6.83. The summed E-state index contributed by atoms with van der Waals surface area (Å²) in [6.07, 6.45) is 2.89. The number of hydrogen-bond acceptors (Lipinski definition) is 5. The van der Waals surface area contributed by atoms with Gasteiger partial charge in [-0.3, -0.25) is 4.79 Å². The van der Waals surface area contributed by atoms with Crippen LogP contribution in [0.2, 0.25) is 0 Å². The molecule has 1 saturated heterocycles. The van der Waals surface area contributed by atoms with E-state index in [1.54, 1.807) is 18.3 Å². The molecule has 1 aliphatic heterocycles.